The van der Waals surface area contributed by atoms with Gasteiger partial charge in [0.05, 0.1) is 0 Å². The molecule has 0 aromatic heterocycles. The fourth-order valence-electron chi connectivity index (χ4n) is 1.97. The maximum absolute atomic E-state index is 11.3. The van der Waals surface area contributed by atoms with E-state index < -0.39 is 11.5 Å². The van der Waals surface area contributed by atoms with E-state index in [1.807, 2.05) is 12.1 Å². The highest BCUT2D eigenvalue weighted by Crippen LogP contribution is 2.32. The average Bonchev–Trinajstić information content (AvgIpc) is 2.43. The summed E-state index contributed by atoms with van der Waals surface area (Å²) in [4.78, 5) is 11.3. The second kappa shape index (κ2) is 6.48. The maximum Gasteiger partial charge on any atom is 0.327 e. The Labute approximate surface area is 127 Å². The van der Waals surface area contributed by atoms with Crippen molar-refractivity contribution in [2.24, 2.45) is 0 Å². The first-order chi connectivity index (χ1) is 9.64. The summed E-state index contributed by atoms with van der Waals surface area (Å²) in [6, 6.07) is 6.12. The van der Waals surface area contributed by atoms with E-state index in [9.17, 15) is 9.90 Å². The summed E-state index contributed by atoms with van der Waals surface area (Å²) in [5.74, 6) is -0.171. The van der Waals surface area contributed by atoms with Crippen molar-refractivity contribution >= 4 is 5.97 Å². The van der Waals surface area contributed by atoms with E-state index in [0.29, 0.717) is 0 Å². The molecule has 0 bridgehead atoms. The van der Waals surface area contributed by atoms with Gasteiger partial charge in [-0.3, -0.25) is 4.79 Å². The Morgan fingerprint density at radius 2 is 1.90 bits per heavy atom. The second-order valence-corrected chi connectivity index (χ2v) is 6.61. The van der Waals surface area contributed by atoms with Crippen LogP contribution in [0, 0.1) is 0 Å². The predicted octanol–water partition coefficient (Wildman–Crippen LogP) is 2.99. The lowest BCUT2D eigenvalue weighted by Gasteiger charge is -2.28. The first-order valence-electron chi connectivity index (χ1n) is 7.32. The molecular formula is C17H27NO3. The molecular weight excluding hydrogens is 266 g/mol. The van der Waals surface area contributed by atoms with Crippen molar-refractivity contribution in [1.29, 1.82) is 0 Å². The van der Waals surface area contributed by atoms with Gasteiger partial charge < -0.3 is 15.2 Å². The zero-order chi connectivity index (χ0) is 16.3. The molecule has 0 saturated heterocycles. The summed E-state index contributed by atoms with van der Waals surface area (Å²) in [6.45, 7) is 10.2. The molecule has 0 radical (unpaired) electrons. The van der Waals surface area contributed by atoms with Crippen LogP contribution in [0.5, 0.6) is 5.75 Å². The lowest BCUT2D eigenvalue weighted by atomic mass is 9.85. The summed E-state index contributed by atoms with van der Waals surface area (Å²) < 4.78 is 5.84. The largest absolute Gasteiger partial charge is 0.491 e. The third kappa shape index (κ3) is 4.21. The van der Waals surface area contributed by atoms with Gasteiger partial charge in [-0.1, -0.05) is 39.8 Å². The minimum atomic E-state index is -1.10. The molecule has 1 aromatic carbocycles. The van der Waals surface area contributed by atoms with Crippen LogP contribution >= 0.6 is 0 Å². The minimum absolute atomic E-state index is 0.0558. The molecule has 1 aromatic rings. The molecule has 1 unspecified atom stereocenters. The monoisotopic (exact) mass is 293 g/mol. The van der Waals surface area contributed by atoms with Gasteiger partial charge in [-0.2, -0.15) is 0 Å². The molecule has 0 fully saturated rings. The number of rotatable bonds is 6. The van der Waals surface area contributed by atoms with Gasteiger partial charge in [-0.15, -0.1) is 0 Å². The Balaban J connectivity index is 3.06. The van der Waals surface area contributed by atoms with Crippen molar-refractivity contribution in [3.8, 4) is 5.75 Å². The van der Waals surface area contributed by atoms with E-state index in [2.05, 4.69) is 39.1 Å². The van der Waals surface area contributed by atoms with Gasteiger partial charge >= 0.3 is 5.97 Å². The number of carbonyl (C=O) groups is 1. The number of hydrogen-bond acceptors (Lipinski definition) is 3. The summed E-state index contributed by atoms with van der Waals surface area (Å²) in [5, 5.41) is 12.1. The number of benzene rings is 1. The SMILES string of the molecule is CCc1ccc(OCC(C)(NC)C(=O)O)c(C(C)(C)C)c1. The van der Waals surface area contributed by atoms with Gasteiger partial charge in [0.2, 0.25) is 0 Å². The molecule has 21 heavy (non-hydrogen) atoms. The first kappa shape index (κ1) is 17.5. The third-order valence-electron chi connectivity index (χ3n) is 3.80. The number of carboxylic acid groups (broad SMARTS) is 1. The lowest BCUT2D eigenvalue weighted by molar-refractivity contribution is -0.145. The van der Waals surface area contributed by atoms with E-state index in [1.54, 1.807) is 14.0 Å². The molecule has 0 saturated carbocycles. The zero-order valence-electron chi connectivity index (χ0n) is 13.9. The summed E-state index contributed by atoms with van der Waals surface area (Å²) in [6.07, 6.45) is 0.965. The zero-order valence-corrected chi connectivity index (χ0v) is 13.9. The molecule has 0 aliphatic heterocycles. The predicted molar refractivity (Wildman–Crippen MR) is 85.1 cm³/mol. The van der Waals surface area contributed by atoms with E-state index in [1.165, 1.54) is 5.56 Å². The van der Waals surface area contributed by atoms with Crippen LogP contribution in [-0.4, -0.2) is 30.3 Å². The average molecular weight is 293 g/mol. The Morgan fingerprint density at radius 3 is 2.33 bits per heavy atom. The Bertz CT molecular complexity index is 505. The summed E-state index contributed by atoms with van der Waals surface area (Å²) in [7, 11) is 1.63. The van der Waals surface area contributed by atoms with Crippen LogP contribution in [0.15, 0.2) is 18.2 Å². The lowest BCUT2D eigenvalue weighted by Crippen LogP contribution is -2.52. The van der Waals surface area contributed by atoms with Crippen molar-refractivity contribution in [3.63, 3.8) is 0 Å². The number of nitrogens with one attached hydrogen (secondary N) is 1. The molecule has 0 amide bonds. The molecule has 4 nitrogen and oxygen atoms in total. The van der Waals surface area contributed by atoms with Crippen molar-refractivity contribution in [3.05, 3.63) is 29.3 Å². The van der Waals surface area contributed by atoms with E-state index >= 15 is 0 Å². The molecule has 4 heteroatoms. The molecule has 0 aliphatic rings. The molecule has 118 valence electrons. The molecule has 0 aliphatic carbocycles. The van der Waals surface area contributed by atoms with Gasteiger partial charge in [0.15, 0.2) is 0 Å². The topological polar surface area (TPSA) is 58.6 Å². The number of aryl methyl sites for hydroxylation is 1. The van der Waals surface area contributed by atoms with E-state index in [4.69, 9.17) is 4.74 Å². The standard InChI is InChI=1S/C17H27NO3/c1-7-12-8-9-14(13(10-12)16(2,3)4)21-11-17(5,18-6)15(19)20/h8-10,18H,7,11H2,1-6H3,(H,19,20). The van der Waals surface area contributed by atoms with Gasteiger partial charge in [0, 0.05) is 0 Å². The Morgan fingerprint density at radius 1 is 1.29 bits per heavy atom. The summed E-state index contributed by atoms with van der Waals surface area (Å²) in [5.41, 5.74) is 1.20. The molecule has 0 spiro atoms. The molecule has 0 heterocycles. The van der Waals surface area contributed by atoms with Gasteiger partial charge in [-0.25, -0.2) is 0 Å². The molecule has 1 rings (SSSR count). The van der Waals surface area contributed by atoms with E-state index in [0.717, 1.165) is 17.7 Å². The van der Waals surface area contributed by atoms with Gasteiger partial charge in [0.1, 0.15) is 17.9 Å². The number of carboxylic acids is 1. The van der Waals surface area contributed by atoms with Crippen LogP contribution in [-0.2, 0) is 16.6 Å². The third-order valence-corrected chi connectivity index (χ3v) is 3.80. The van der Waals surface area contributed by atoms with Crippen molar-refractivity contribution in [2.45, 2.75) is 52.0 Å². The minimum Gasteiger partial charge on any atom is -0.491 e. The van der Waals surface area contributed by atoms with Crippen LogP contribution < -0.4 is 10.1 Å². The number of hydrogen-bond donors (Lipinski definition) is 2. The number of likely N-dealkylation sites (N-methyl/N-ethyl adjacent to an activating group) is 1. The fourth-order valence-corrected chi connectivity index (χ4v) is 1.97. The van der Waals surface area contributed by atoms with Crippen LogP contribution in [0.2, 0.25) is 0 Å². The van der Waals surface area contributed by atoms with Crippen LogP contribution in [0.4, 0.5) is 0 Å². The first-order valence-corrected chi connectivity index (χ1v) is 7.32. The maximum atomic E-state index is 11.3. The van der Waals surface area contributed by atoms with Crippen molar-refractivity contribution in [1.82, 2.24) is 5.32 Å². The number of ether oxygens (including phenoxy) is 1. The normalized spacial score (nSPS) is 14.6. The van der Waals surface area contributed by atoms with Gasteiger partial charge in [-0.05, 0) is 43.0 Å². The highest BCUT2D eigenvalue weighted by Gasteiger charge is 2.33. The van der Waals surface area contributed by atoms with Crippen LogP contribution in [0.25, 0.3) is 0 Å². The van der Waals surface area contributed by atoms with Crippen molar-refractivity contribution in [2.75, 3.05) is 13.7 Å². The smallest absolute Gasteiger partial charge is 0.327 e. The summed E-state index contributed by atoms with van der Waals surface area (Å²) >= 11 is 0. The number of aliphatic carboxylic acids is 1. The Hall–Kier alpha value is -1.55. The van der Waals surface area contributed by atoms with Crippen LogP contribution in [0.3, 0.4) is 0 Å². The van der Waals surface area contributed by atoms with E-state index in [-0.39, 0.29) is 12.0 Å². The van der Waals surface area contributed by atoms with Crippen molar-refractivity contribution < 1.29 is 14.6 Å². The van der Waals surface area contributed by atoms with Crippen LogP contribution in [0.1, 0.15) is 45.7 Å². The van der Waals surface area contributed by atoms with Gasteiger partial charge in [0.25, 0.3) is 0 Å². The fraction of sp³-hybridized carbons (Fsp3) is 0.588. The second-order valence-electron chi connectivity index (χ2n) is 6.61. The highest BCUT2D eigenvalue weighted by molar-refractivity contribution is 5.78. The quantitative estimate of drug-likeness (QED) is 0.846. The highest BCUT2D eigenvalue weighted by atomic mass is 16.5. The Kier molecular flexibility index (Phi) is 5.40. The molecule has 1 atom stereocenters. The molecule has 2 N–H and O–H groups in total.